The molecule has 22 heavy (non-hydrogen) atoms. The lowest BCUT2D eigenvalue weighted by atomic mass is 10.1. The van der Waals surface area contributed by atoms with Gasteiger partial charge in [0.25, 0.3) is 11.8 Å². The normalized spacial score (nSPS) is 11.7. The molecule has 0 aliphatic carbocycles. The second-order valence-corrected chi connectivity index (χ2v) is 5.69. The first-order valence-electron chi connectivity index (χ1n) is 6.97. The van der Waals surface area contributed by atoms with Crippen molar-refractivity contribution in [3.05, 3.63) is 52.2 Å². The molecule has 0 aliphatic rings. The van der Waals surface area contributed by atoms with Crippen LogP contribution in [-0.4, -0.2) is 29.6 Å². The van der Waals surface area contributed by atoms with E-state index in [1.54, 1.807) is 42.6 Å². The SMILES string of the molecule is CC(O)CCNC(=O)c1ccccc1NC(=O)c1ccsc1. The van der Waals surface area contributed by atoms with Crippen molar-refractivity contribution in [1.82, 2.24) is 5.32 Å². The quantitative estimate of drug-likeness (QED) is 0.766. The first kappa shape index (κ1) is 16.2. The number of hydrogen-bond donors (Lipinski definition) is 3. The molecule has 116 valence electrons. The van der Waals surface area contributed by atoms with Gasteiger partial charge >= 0.3 is 0 Å². The van der Waals surface area contributed by atoms with Gasteiger partial charge in [-0.2, -0.15) is 11.3 Å². The zero-order valence-corrected chi connectivity index (χ0v) is 13.0. The molecule has 3 N–H and O–H groups in total. The molecule has 5 nitrogen and oxygen atoms in total. The minimum Gasteiger partial charge on any atom is -0.393 e. The minimum absolute atomic E-state index is 0.245. The average Bonchev–Trinajstić information content (AvgIpc) is 3.01. The molecule has 0 spiro atoms. The van der Waals surface area contributed by atoms with Crippen LogP contribution in [0.4, 0.5) is 5.69 Å². The molecule has 2 amide bonds. The lowest BCUT2D eigenvalue weighted by Gasteiger charge is -2.11. The lowest BCUT2D eigenvalue weighted by molar-refractivity contribution is 0.0946. The van der Waals surface area contributed by atoms with Crippen molar-refractivity contribution in [3.63, 3.8) is 0 Å². The standard InChI is InChI=1S/C16H18N2O3S/c1-11(19)6-8-17-16(21)13-4-2-3-5-14(13)18-15(20)12-7-9-22-10-12/h2-5,7,9-11,19H,6,8H2,1H3,(H,17,21)(H,18,20). The third kappa shape index (κ3) is 4.41. The zero-order valence-electron chi connectivity index (χ0n) is 12.2. The van der Waals surface area contributed by atoms with Crippen LogP contribution in [0.1, 0.15) is 34.1 Å². The zero-order chi connectivity index (χ0) is 15.9. The summed E-state index contributed by atoms with van der Waals surface area (Å²) in [6, 6.07) is 8.57. The van der Waals surface area contributed by atoms with Crippen molar-refractivity contribution in [1.29, 1.82) is 0 Å². The maximum Gasteiger partial charge on any atom is 0.256 e. The van der Waals surface area contributed by atoms with Crippen molar-refractivity contribution in [2.75, 3.05) is 11.9 Å². The monoisotopic (exact) mass is 318 g/mol. The van der Waals surface area contributed by atoms with E-state index in [-0.39, 0.29) is 11.8 Å². The highest BCUT2D eigenvalue weighted by Gasteiger charge is 2.14. The summed E-state index contributed by atoms with van der Waals surface area (Å²) in [5.74, 6) is -0.521. The van der Waals surface area contributed by atoms with Crippen molar-refractivity contribution in [2.24, 2.45) is 0 Å². The number of anilines is 1. The molecule has 0 saturated carbocycles. The Bertz CT molecular complexity index is 639. The first-order valence-corrected chi connectivity index (χ1v) is 7.91. The fourth-order valence-electron chi connectivity index (χ4n) is 1.87. The number of carbonyl (C=O) groups excluding carboxylic acids is 2. The molecule has 0 saturated heterocycles. The Morgan fingerprint density at radius 2 is 2.00 bits per heavy atom. The Balaban J connectivity index is 2.06. The van der Waals surface area contributed by atoms with Gasteiger partial charge < -0.3 is 15.7 Å². The second-order valence-electron chi connectivity index (χ2n) is 4.91. The number of aliphatic hydroxyl groups is 1. The lowest BCUT2D eigenvalue weighted by Crippen LogP contribution is -2.27. The van der Waals surface area contributed by atoms with Crippen molar-refractivity contribution in [3.8, 4) is 0 Å². The summed E-state index contributed by atoms with van der Waals surface area (Å²) < 4.78 is 0. The van der Waals surface area contributed by atoms with E-state index < -0.39 is 6.10 Å². The highest BCUT2D eigenvalue weighted by molar-refractivity contribution is 7.08. The smallest absolute Gasteiger partial charge is 0.256 e. The Kier molecular flexibility index (Phi) is 5.68. The molecule has 0 fully saturated rings. The van der Waals surface area contributed by atoms with Crippen LogP contribution in [-0.2, 0) is 0 Å². The second kappa shape index (κ2) is 7.72. The molecule has 2 aromatic rings. The summed E-state index contributed by atoms with van der Waals surface area (Å²) in [6.07, 6.45) is 0.0173. The van der Waals surface area contributed by atoms with Gasteiger partial charge in [0, 0.05) is 11.9 Å². The Morgan fingerprint density at radius 1 is 1.23 bits per heavy atom. The summed E-state index contributed by atoms with van der Waals surface area (Å²) >= 11 is 1.44. The van der Waals surface area contributed by atoms with E-state index in [0.717, 1.165) is 0 Å². The number of rotatable bonds is 6. The van der Waals surface area contributed by atoms with Crippen LogP contribution in [0.2, 0.25) is 0 Å². The van der Waals surface area contributed by atoms with E-state index >= 15 is 0 Å². The third-order valence-corrected chi connectivity index (χ3v) is 3.73. The number of benzene rings is 1. The van der Waals surface area contributed by atoms with Crippen molar-refractivity contribution >= 4 is 28.8 Å². The summed E-state index contributed by atoms with van der Waals surface area (Å²) in [6.45, 7) is 2.05. The molecule has 1 unspecified atom stereocenters. The van der Waals surface area contributed by atoms with E-state index in [9.17, 15) is 14.7 Å². The Labute approximate surface area is 133 Å². The van der Waals surface area contributed by atoms with E-state index in [1.807, 2.05) is 5.38 Å². The number of hydrogen-bond acceptors (Lipinski definition) is 4. The predicted octanol–water partition coefficient (Wildman–Crippen LogP) is 2.50. The van der Waals surface area contributed by atoms with E-state index in [0.29, 0.717) is 29.8 Å². The molecule has 0 bridgehead atoms. The summed E-state index contributed by atoms with van der Waals surface area (Å²) in [5.41, 5.74) is 1.43. The summed E-state index contributed by atoms with van der Waals surface area (Å²) in [5, 5.41) is 18.3. The van der Waals surface area contributed by atoms with Crippen LogP contribution in [0, 0.1) is 0 Å². The minimum atomic E-state index is -0.464. The van der Waals surface area contributed by atoms with Crippen LogP contribution in [0.3, 0.4) is 0 Å². The highest BCUT2D eigenvalue weighted by atomic mass is 32.1. The van der Waals surface area contributed by atoms with E-state index in [1.165, 1.54) is 11.3 Å². The van der Waals surface area contributed by atoms with Crippen molar-refractivity contribution in [2.45, 2.75) is 19.4 Å². The number of thiophene rings is 1. The molecule has 0 radical (unpaired) electrons. The Morgan fingerprint density at radius 3 is 2.68 bits per heavy atom. The molecular weight excluding hydrogens is 300 g/mol. The summed E-state index contributed by atoms with van der Waals surface area (Å²) in [7, 11) is 0. The molecule has 1 aromatic carbocycles. The van der Waals surface area contributed by atoms with Crippen LogP contribution in [0.15, 0.2) is 41.1 Å². The fourth-order valence-corrected chi connectivity index (χ4v) is 2.50. The topological polar surface area (TPSA) is 78.4 Å². The van der Waals surface area contributed by atoms with Gasteiger partial charge in [0.15, 0.2) is 0 Å². The van der Waals surface area contributed by atoms with Crippen LogP contribution >= 0.6 is 11.3 Å². The van der Waals surface area contributed by atoms with Gasteiger partial charge in [-0.05, 0) is 36.9 Å². The molecule has 1 atom stereocenters. The van der Waals surface area contributed by atoms with Crippen LogP contribution < -0.4 is 10.6 Å². The van der Waals surface area contributed by atoms with Gasteiger partial charge in [-0.25, -0.2) is 0 Å². The first-order chi connectivity index (χ1) is 10.6. The predicted molar refractivity (Wildman–Crippen MR) is 87.3 cm³/mol. The third-order valence-electron chi connectivity index (χ3n) is 3.05. The van der Waals surface area contributed by atoms with Gasteiger partial charge in [-0.1, -0.05) is 12.1 Å². The number of amides is 2. The number of para-hydroxylation sites is 1. The highest BCUT2D eigenvalue weighted by Crippen LogP contribution is 2.17. The van der Waals surface area contributed by atoms with Crippen molar-refractivity contribution < 1.29 is 14.7 Å². The molecule has 2 rings (SSSR count). The van der Waals surface area contributed by atoms with E-state index in [4.69, 9.17) is 0 Å². The van der Waals surface area contributed by atoms with Crippen LogP contribution in [0.25, 0.3) is 0 Å². The summed E-state index contributed by atoms with van der Waals surface area (Å²) in [4.78, 5) is 24.3. The van der Waals surface area contributed by atoms with Gasteiger partial charge in [0.05, 0.1) is 22.9 Å². The van der Waals surface area contributed by atoms with Gasteiger partial charge in [0.1, 0.15) is 0 Å². The molecular formula is C16H18N2O3S. The average molecular weight is 318 g/mol. The van der Waals surface area contributed by atoms with Gasteiger partial charge in [0.2, 0.25) is 0 Å². The number of aliphatic hydroxyl groups excluding tert-OH is 1. The number of nitrogens with one attached hydrogen (secondary N) is 2. The molecule has 0 aliphatic heterocycles. The van der Waals surface area contributed by atoms with E-state index in [2.05, 4.69) is 10.6 Å². The molecule has 1 aromatic heterocycles. The van der Waals surface area contributed by atoms with Gasteiger partial charge in [-0.15, -0.1) is 0 Å². The number of carbonyl (C=O) groups is 2. The maximum absolute atomic E-state index is 12.2. The largest absolute Gasteiger partial charge is 0.393 e. The Hall–Kier alpha value is -2.18. The molecule has 1 heterocycles. The van der Waals surface area contributed by atoms with Crippen LogP contribution in [0.5, 0.6) is 0 Å². The van der Waals surface area contributed by atoms with Gasteiger partial charge in [-0.3, -0.25) is 9.59 Å². The fraction of sp³-hybridized carbons (Fsp3) is 0.250. The molecule has 6 heteroatoms. The maximum atomic E-state index is 12.2.